The summed E-state index contributed by atoms with van der Waals surface area (Å²) >= 11 is 0. The van der Waals surface area contributed by atoms with E-state index in [1.54, 1.807) is 0 Å². The van der Waals surface area contributed by atoms with Crippen molar-refractivity contribution in [1.29, 1.82) is 0 Å². The van der Waals surface area contributed by atoms with E-state index in [9.17, 15) is 10.1 Å². The van der Waals surface area contributed by atoms with Crippen molar-refractivity contribution in [1.82, 2.24) is 4.90 Å². The van der Waals surface area contributed by atoms with Crippen LogP contribution in [0, 0.1) is 10.1 Å². The van der Waals surface area contributed by atoms with Gasteiger partial charge in [0, 0.05) is 4.92 Å². The van der Waals surface area contributed by atoms with E-state index in [0.29, 0.717) is 0 Å². The van der Waals surface area contributed by atoms with Crippen LogP contribution in [-0.2, 0) is 0 Å². The topological polar surface area (TPSA) is 46.4 Å². The Kier molecular flexibility index (Phi) is 1.79. The molecule has 0 aromatic heterocycles. The molecule has 68 valence electrons. The van der Waals surface area contributed by atoms with Crippen LogP contribution in [0.5, 0.6) is 0 Å². The smallest absolute Gasteiger partial charge is 0.222 e. The zero-order valence-electron chi connectivity index (χ0n) is 7.16. The first-order valence-electron chi connectivity index (χ1n) is 4.60. The predicted octanol–water partition coefficient (Wildman–Crippen LogP) is 0.891. The average Bonchev–Trinajstić information content (AvgIpc) is 2.42. The molecule has 0 spiro atoms. The molecule has 0 saturated carbocycles. The van der Waals surface area contributed by atoms with Gasteiger partial charge in [0.15, 0.2) is 0 Å². The molecule has 0 aromatic carbocycles. The highest BCUT2D eigenvalue weighted by Gasteiger charge is 2.47. The van der Waals surface area contributed by atoms with Crippen LogP contribution >= 0.6 is 0 Å². The normalized spacial score (nSPS) is 27.3. The first-order valence-corrected chi connectivity index (χ1v) is 4.60. The van der Waals surface area contributed by atoms with Gasteiger partial charge in [0.1, 0.15) is 0 Å². The van der Waals surface area contributed by atoms with Gasteiger partial charge in [0.05, 0.1) is 5.54 Å². The monoisotopic (exact) mass is 170 g/mol. The molecule has 2 fully saturated rings. The summed E-state index contributed by atoms with van der Waals surface area (Å²) in [4.78, 5) is 12.6. The summed E-state index contributed by atoms with van der Waals surface area (Å²) in [5.74, 6) is 0. The third-order valence-electron chi connectivity index (χ3n) is 3.23. The van der Waals surface area contributed by atoms with Crippen LogP contribution in [0.1, 0.15) is 25.7 Å². The van der Waals surface area contributed by atoms with E-state index in [2.05, 4.69) is 4.90 Å². The van der Waals surface area contributed by atoms with Crippen molar-refractivity contribution < 1.29 is 4.92 Å². The molecule has 2 rings (SSSR count). The van der Waals surface area contributed by atoms with Gasteiger partial charge in [0.2, 0.25) is 6.54 Å². The Morgan fingerprint density at radius 2 is 1.92 bits per heavy atom. The van der Waals surface area contributed by atoms with Gasteiger partial charge < -0.3 is 0 Å². The van der Waals surface area contributed by atoms with E-state index in [4.69, 9.17) is 0 Å². The number of nitro groups is 1. The lowest BCUT2D eigenvalue weighted by molar-refractivity contribution is -0.493. The minimum absolute atomic E-state index is 0.0382. The Morgan fingerprint density at radius 3 is 2.42 bits per heavy atom. The Bertz CT molecular complexity index is 195. The fraction of sp³-hybridized carbons (Fsp3) is 1.00. The molecular weight excluding hydrogens is 156 g/mol. The largest absolute Gasteiger partial charge is 0.292 e. The second-order valence-electron chi connectivity index (χ2n) is 3.91. The van der Waals surface area contributed by atoms with Crippen LogP contribution in [0.4, 0.5) is 0 Å². The molecule has 2 saturated heterocycles. The highest BCUT2D eigenvalue weighted by molar-refractivity contribution is 4.99. The Hall–Kier alpha value is -0.640. The molecule has 0 bridgehead atoms. The maximum atomic E-state index is 10.5. The van der Waals surface area contributed by atoms with E-state index >= 15 is 0 Å². The van der Waals surface area contributed by atoms with Crippen LogP contribution in [0.25, 0.3) is 0 Å². The fourth-order valence-electron chi connectivity index (χ4n) is 2.72. The van der Waals surface area contributed by atoms with Gasteiger partial charge in [0.25, 0.3) is 0 Å². The molecule has 0 unspecified atom stereocenters. The Morgan fingerprint density at radius 1 is 1.33 bits per heavy atom. The van der Waals surface area contributed by atoms with Crippen molar-refractivity contribution in [2.75, 3.05) is 19.6 Å². The van der Waals surface area contributed by atoms with E-state index in [1.165, 1.54) is 0 Å². The predicted molar refractivity (Wildman–Crippen MR) is 44.6 cm³/mol. The van der Waals surface area contributed by atoms with Crippen molar-refractivity contribution in [3.8, 4) is 0 Å². The minimum Gasteiger partial charge on any atom is -0.292 e. The van der Waals surface area contributed by atoms with E-state index in [1.807, 2.05) is 0 Å². The molecule has 0 aliphatic carbocycles. The maximum absolute atomic E-state index is 10.5. The van der Waals surface area contributed by atoms with Crippen molar-refractivity contribution in [3.05, 3.63) is 10.1 Å². The molecule has 12 heavy (non-hydrogen) atoms. The molecule has 2 aliphatic heterocycles. The van der Waals surface area contributed by atoms with Crippen LogP contribution in [0.3, 0.4) is 0 Å². The minimum atomic E-state index is -0.149. The van der Waals surface area contributed by atoms with E-state index < -0.39 is 0 Å². The van der Waals surface area contributed by atoms with E-state index in [0.717, 1.165) is 38.8 Å². The fourth-order valence-corrected chi connectivity index (χ4v) is 2.72. The molecule has 4 heteroatoms. The van der Waals surface area contributed by atoms with Gasteiger partial charge in [-0.1, -0.05) is 0 Å². The summed E-state index contributed by atoms with van der Waals surface area (Å²) in [7, 11) is 0. The van der Waals surface area contributed by atoms with Gasteiger partial charge in [-0.15, -0.1) is 0 Å². The lowest BCUT2D eigenvalue weighted by Crippen LogP contribution is -2.44. The molecular formula is C8H14N2O2. The number of hydrogen-bond donors (Lipinski definition) is 0. The molecule has 0 N–H and O–H groups in total. The first-order chi connectivity index (χ1) is 5.73. The second kappa shape index (κ2) is 2.69. The highest BCUT2D eigenvalue weighted by Crippen LogP contribution is 2.38. The summed E-state index contributed by atoms with van der Waals surface area (Å²) in [5.41, 5.74) is -0.0382. The second-order valence-corrected chi connectivity index (χ2v) is 3.91. The van der Waals surface area contributed by atoms with Crippen LogP contribution in [-0.4, -0.2) is 35.0 Å². The lowest BCUT2D eigenvalue weighted by atomic mass is 9.94. The SMILES string of the molecule is O=[N+]([O-])CC12CCCN1CCC2. The van der Waals surface area contributed by atoms with Crippen molar-refractivity contribution in [3.63, 3.8) is 0 Å². The molecule has 0 aromatic rings. The highest BCUT2D eigenvalue weighted by atomic mass is 16.6. The van der Waals surface area contributed by atoms with Crippen molar-refractivity contribution in [2.24, 2.45) is 0 Å². The number of rotatable bonds is 2. The summed E-state index contributed by atoms with van der Waals surface area (Å²) in [6.45, 7) is 2.31. The summed E-state index contributed by atoms with van der Waals surface area (Å²) in [6.07, 6.45) is 4.36. The zero-order valence-corrected chi connectivity index (χ0v) is 7.16. The Balaban J connectivity index is 2.11. The third-order valence-corrected chi connectivity index (χ3v) is 3.23. The number of nitrogens with zero attached hydrogens (tertiary/aromatic N) is 2. The molecule has 0 atom stereocenters. The molecule has 2 heterocycles. The first kappa shape index (κ1) is 7.98. The zero-order chi connectivity index (χ0) is 8.60. The van der Waals surface area contributed by atoms with Crippen molar-refractivity contribution >= 4 is 0 Å². The molecule has 0 radical (unpaired) electrons. The quantitative estimate of drug-likeness (QED) is 0.456. The third kappa shape index (κ3) is 1.10. The lowest BCUT2D eigenvalue weighted by Gasteiger charge is -2.27. The number of hydrogen-bond acceptors (Lipinski definition) is 3. The van der Waals surface area contributed by atoms with Crippen LogP contribution in [0.15, 0.2) is 0 Å². The van der Waals surface area contributed by atoms with Gasteiger partial charge in [-0.2, -0.15) is 0 Å². The summed E-state index contributed by atoms with van der Waals surface area (Å²) in [5, 5.41) is 10.5. The van der Waals surface area contributed by atoms with Gasteiger partial charge >= 0.3 is 0 Å². The van der Waals surface area contributed by atoms with Crippen molar-refractivity contribution in [2.45, 2.75) is 31.2 Å². The molecule has 0 amide bonds. The summed E-state index contributed by atoms with van der Waals surface area (Å²) < 4.78 is 0. The van der Waals surface area contributed by atoms with Crippen LogP contribution < -0.4 is 0 Å². The average molecular weight is 170 g/mol. The standard InChI is InChI=1S/C8H14N2O2/c11-10(12)7-8-3-1-5-9(8)6-2-4-8/h1-7H2. The van der Waals surface area contributed by atoms with Crippen LogP contribution in [0.2, 0.25) is 0 Å². The number of fused-ring (bicyclic) bond motifs is 1. The van der Waals surface area contributed by atoms with E-state index in [-0.39, 0.29) is 17.0 Å². The van der Waals surface area contributed by atoms with Gasteiger partial charge in [-0.25, -0.2) is 0 Å². The molecule has 2 aliphatic rings. The summed E-state index contributed by atoms with van der Waals surface area (Å²) in [6, 6.07) is 0. The maximum Gasteiger partial charge on any atom is 0.222 e. The van der Waals surface area contributed by atoms with Gasteiger partial charge in [-0.05, 0) is 38.8 Å². The Labute approximate surface area is 71.7 Å². The van der Waals surface area contributed by atoms with Gasteiger partial charge in [-0.3, -0.25) is 15.0 Å². The molecule has 4 nitrogen and oxygen atoms in total.